The molecule has 2 N–H and O–H groups in total. The summed E-state index contributed by atoms with van der Waals surface area (Å²) in [7, 11) is 0. The van der Waals surface area contributed by atoms with Gasteiger partial charge < -0.3 is 15.5 Å². The lowest BCUT2D eigenvalue weighted by Crippen LogP contribution is -2.54. The van der Waals surface area contributed by atoms with Gasteiger partial charge in [-0.2, -0.15) is 0 Å². The van der Waals surface area contributed by atoms with Crippen molar-refractivity contribution in [1.82, 2.24) is 10.6 Å². The second-order valence-electron chi connectivity index (χ2n) is 8.97. The van der Waals surface area contributed by atoms with Gasteiger partial charge in [-0.3, -0.25) is 9.59 Å². The van der Waals surface area contributed by atoms with Crippen molar-refractivity contribution in [3.05, 3.63) is 29.8 Å². The summed E-state index contributed by atoms with van der Waals surface area (Å²) in [4.78, 5) is 28.7. The third-order valence-corrected chi connectivity index (χ3v) is 7.02. The average Bonchev–Trinajstić information content (AvgIpc) is 3.05. The Hall–Kier alpha value is -1.59. The molecule has 29 heavy (non-hydrogen) atoms. The zero-order chi connectivity index (χ0) is 19.7. The van der Waals surface area contributed by atoms with Gasteiger partial charge in [0.1, 0.15) is 0 Å². The average molecular weight is 420 g/mol. The zero-order valence-corrected chi connectivity index (χ0v) is 18.3. The monoisotopic (exact) mass is 419 g/mol. The topological polar surface area (TPSA) is 61.4 Å². The number of piperidine rings is 1. The number of halogens is 1. The Morgan fingerprint density at radius 3 is 2.55 bits per heavy atom. The van der Waals surface area contributed by atoms with E-state index in [9.17, 15) is 9.59 Å². The van der Waals surface area contributed by atoms with Crippen LogP contribution in [0.3, 0.4) is 0 Å². The summed E-state index contributed by atoms with van der Waals surface area (Å²) in [5, 5.41) is 6.65. The molecule has 0 spiro atoms. The molecule has 2 heterocycles. The van der Waals surface area contributed by atoms with E-state index in [0.29, 0.717) is 5.92 Å². The van der Waals surface area contributed by atoms with Gasteiger partial charge in [0.2, 0.25) is 11.8 Å². The molecule has 1 aromatic carbocycles. The highest BCUT2D eigenvalue weighted by Gasteiger charge is 2.42. The summed E-state index contributed by atoms with van der Waals surface area (Å²) < 4.78 is 0. The third kappa shape index (κ3) is 4.46. The number of carbonyl (C=O) groups is 2. The molecule has 5 atom stereocenters. The fraction of sp³-hybridized carbons (Fsp3) is 0.652. The Morgan fingerprint density at radius 1 is 1.07 bits per heavy atom. The molecule has 0 bridgehead atoms. The number of para-hydroxylation sites is 1. The number of fused-ring (bicyclic) bond motifs is 1. The minimum Gasteiger partial charge on any atom is -0.352 e. The summed E-state index contributed by atoms with van der Waals surface area (Å²) in [5.41, 5.74) is 2.28. The van der Waals surface area contributed by atoms with E-state index in [1.807, 2.05) is 23.1 Å². The summed E-state index contributed by atoms with van der Waals surface area (Å²) in [6.45, 7) is 6.17. The van der Waals surface area contributed by atoms with Crippen LogP contribution in [0, 0.1) is 17.8 Å². The van der Waals surface area contributed by atoms with Crippen LogP contribution >= 0.6 is 12.4 Å². The van der Waals surface area contributed by atoms with Crippen molar-refractivity contribution < 1.29 is 9.59 Å². The van der Waals surface area contributed by atoms with Crippen LogP contribution in [0.2, 0.25) is 0 Å². The van der Waals surface area contributed by atoms with Crippen molar-refractivity contribution >= 4 is 29.9 Å². The largest absolute Gasteiger partial charge is 0.352 e. The predicted molar refractivity (Wildman–Crippen MR) is 118 cm³/mol. The quantitative estimate of drug-likeness (QED) is 0.790. The van der Waals surface area contributed by atoms with Crippen LogP contribution in [0.1, 0.15) is 51.5 Å². The van der Waals surface area contributed by atoms with E-state index in [1.165, 1.54) is 5.56 Å². The number of nitrogens with zero attached hydrogens (tertiary/aromatic N) is 1. The van der Waals surface area contributed by atoms with Crippen molar-refractivity contribution in [1.29, 1.82) is 0 Å². The van der Waals surface area contributed by atoms with E-state index in [0.717, 1.165) is 57.3 Å². The number of hydrogen-bond donors (Lipinski definition) is 2. The van der Waals surface area contributed by atoms with Crippen molar-refractivity contribution in [3.8, 4) is 0 Å². The van der Waals surface area contributed by atoms with Crippen LogP contribution < -0.4 is 15.5 Å². The first-order chi connectivity index (χ1) is 13.6. The first-order valence-corrected chi connectivity index (χ1v) is 11.0. The molecule has 1 aliphatic carbocycles. The second-order valence-corrected chi connectivity index (χ2v) is 8.97. The van der Waals surface area contributed by atoms with Gasteiger partial charge in [0, 0.05) is 30.2 Å². The SMILES string of the molecule is CC1CCNCC1NC(=O)C1CCCCC1C(=O)N1c2ccccc2CC1C.Cl. The van der Waals surface area contributed by atoms with Crippen molar-refractivity contribution in [3.63, 3.8) is 0 Å². The number of rotatable bonds is 3. The molecular formula is C23H34ClN3O2. The minimum atomic E-state index is -0.200. The Kier molecular flexibility index (Phi) is 7.23. The molecule has 5 unspecified atom stereocenters. The van der Waals surface area contributed by atoms with E-state index in [4.69, 9.17) is 0 Å². The summed E-state index contributed by atoms with van der Waals surface area (Å²) in [6.07, 6.45) is 5.69. The second kappa shape index (κ2) is 9.48. The molecule has 0 aromatic heterocycles. The molecule has 0 radical (unpaired) electrons. The molecule has 4 rings (SSSR count). The molecule has 6 heteroatoms. The van der Waals surface area contributed by atoms with E-state index in [2.05, 4.69) is 30.5 Å². The lowest BCUT2D eigenvalue weighted by Gasteiger charge is -2.36. The van der Waals surface area contributed by atoms with Gasteiger partial charge in [0.25, 0.3) is 0 Å². The highest BCUT2D eigenvalue weighted by Crippen LogP contribution is 2.38. The van der Waals surface area contributed by atoms with Gasteiger partial charge >= 0.3 is 0 Å². The van der Waals surface area contributed by atoms with Gasteiger partial charge in [-0.05, 0) is 56.7 Å². The maximum Gasteiger partial charge on any atom is 0.231 e. The van der Waals surface area contributed by atoms with Crippen LogP contribution in [0.25, 0.3) is 0 Å². The summed E-state index contributed by atoms with van der Waals surface area (Å²) in [5.74, 6) is 0.309. The van der Waals surface area contributed by atoms with Gasteiger partial charge in [-0.1, -0.05) is 38.0 Å². The number of benzene rings is 1. The maximum atomic E-state index is 13.6. The first-order valence-electron chi connectivity index (χ1n) is 11.0. The van der Waals surface area contributed by atoms with Gasteiger partial charge in [0.15, 0.2) is 0 Å². The zero-order valence-electron chi connectivity index (χ0n) is 17.5. The van der Waals surface area contributed by atoms with Crippen molar-refractivity contribution in [2.24, 2.45) is 17.8 Å². The standard InChI is InChI=1S/C23H33N3O2.ClH/c1-15-11-12-24-14-20(15)25-22(27)18-8-4-5-9-19(18)23(28)26-16(2)13-17-7-3-6-10-21(17)26;/h3,6-7,10,15-16,18-20,24H,4-5,8-9,11-14H2,1-2H3,(H,25,27);1H. The molecule has 5 nitrogen and oxygen atoms in total. The van der Waals surface area contributed by atoms with E-state index >= 15 is 0 Å². The number of nitrogens with one attached hydrogen (secondary N) is 2. The predicted octanol–water partition coefficient (Wildman–Crippen LogP) is 3.31. The highest BCUT2D eigenvalue weighted by molar-refractivity contribution is 6.00. The molecule has 2 fully saturated rings. The van der Waals surface area contributed by atoms with Gasteiger partial charge in [-0.15, -0.1) is 12.4 Å². The Bertz CT molecular complexity index is 741. The molecule has 1 saturated carbocycles. The summed E-state index contributed by atoms with van der Waals surface area (Å²) in [6, 6.07) is 8.53. The molecule has 160 valence electrons. The fourth-order valence-electron chi connectivity index (χ4n) is 5.29. The van der Waals surface area contributed by atoms with E-state index in [-0.39, 0.29) is 48.1 Å². The number of hydrogen-bond acceptors (Lipinski definition) is 3. The smallest absolute Gasteiger partial charge is 0.231 e. The molecule has 2 amide bonds. The summed E-state index contributed by atoms with van der Waals surface area (Å²) >= 11 is 0. The Labute approximate surface area is 180 Å². The number of amides is 2. The molecular weight excluding hydrogens is 386 g/mol. The van der Waals surface area contributed by atoms with Crippen LogP contribution in [0.4, 0.5) is 5.69 Å². The lowest BCUT2D eigenvalue weighted by atomic mass is 9.77. The highest BCUT2D eigenvalue weighted by atomic mass is 35.5. The van der Waals surface area contributed by atoms with E-state index in [1.54, 1.807) is 0 Å². The maximum absolute atomic E-state index is 13.6. The van der Waals surface area contributed by atoms with Crippen LogP contribution in [0.5, 0.6) is 0 Å². The molecule has 1 aromatic rings. The van der Waals surface area contributed by atoms with E-state index < -0.39 is 0 Å². The van der Waals surface area contributed by atoms with Crippen molar-refractivity contribution in [2.45, 2.75) is 64.5 Å². The lowest BCUT2D eigenvalue weighted by molar-refractivity contribution is -0.136. The minimum absolute atomic E-state index is 0. The molecule has 3 aliphatic rings. The number of anilines is 1. The van der Waals surface area contributed by atoms with Gasteiger partial charge in [-0.25, -0.2) is 0 Å². The third-order valence-electron chi connectivity index (χ3n) is 7.02. The first kappa shape index (κ1) is 22.1. The number of carbonyl (C=O) groups excluding carboxylic acids is 2. The van der Waals surface area contributed by atoms with Crippen LogP contribution in [0.15, 0.2) is 24.3 Å². The Morgan fingerprint density at radius 2 is 1.79 bits per heavy atom. The normalized spacial score (nSPS) is 31.5. The van der Waals surface area contributed by atoms with Gasteiger partial charge in [0.05, 0.1) is 5.92 Å². The molecule has 2 aliphatic heterocycles. The van der Waals surface area contributed by atoms with Crippen LogP contribution in [-0.4, -0.2) is 37.0 Å². The molecule has 1 saturated heterocycles. The van der Waals surface area contributed by atoms with Crippen molar-refractivity contribution in [2.75, 3.05) is 18.0 Å². The Balaban J connectivity index is 0.00000240. The van der Waals surface area contributed by atoms with Crippen LogP contribution in [-0.2, 0) is 16.0 Å². The fourth-order valence-corrected chi connectivity index (χ4v) is 5.29.